The second-order valence-electron chi connectivity index (χ2n) is 4.44. The highest BCUT2D eigenvalue weighted by atomic mass is 16.5. The summed E-state index contributed by atoms with van der Waals surface area (Å²) in [7, 11) is 1.64. The molecule has 0 bridgehead atoms. The Balaban J connectivity index is 1.80. The molecule has 0 atom stereocenters. The Morgan fingerprint density at radius 2 is 2.11 bits per heavy atom. The van der Waals surface area contributed by atoms with E-state index in [9.17, 15) is 0 Å². The molecule has 1 aromatic carbocycles. The molecule has 1 aromatic heterocycles. The molecule has 0 unspecified atom stereocenters. The molecule has 4 nitrogen and oxygen atoms in total. The predicted octanol–water partition coefficient (Wildman–Crippen LogP) is 2.44. The molecule has 1 aliphatic rings. The molecule has 3 rings (SSSR count). The van der Waals surface area contributed by atoms with Gasteiger partial charge in [0.25, 0.3) is 0 Å². The van der Waals surface area contributed by atoms with Gasteiger partial charge < -0.3 is 4.74 Å². The first-order chi connectivity index (χ1) is 9.36. The van der Waals surface area contributed by atoms with E-state index in [4.69, 9.17) is 4.74 Å². The fourth-order valence-electron chi connectivity index (χ4n) is 2.21. The van der Waals surface area contributed by atoms with E-state index in [0.717, 1.165) is 12.1 Å². The number of fused-ring (bicyclic) bond motifs is 1. The second-order valence-corrected chi connectivity index (χ2v) is 4.44. The first-order valence-electron chi connectivity index (χ1n) is 6.21. The zero-order valence-corrected chi connectivity index (χ0v) is 10.8. The normalized spacial score (nSPS) is 13.2. The van der Waals surface area contributed by atoms with Gasteiger partial charge in [-0.25, -0.2) is 4.98 Å². The van der Waals surface area contributed by atoms with Crippen molar-refractivity contribution in [3.63, 3.8) is 0 Å². The Morgan fingerprint density at radius 1 is 1.21 bits per heavy atom. The highest BCUT2D eigenvalue weighted by Gasteiger charge is 2.13. The molecular weight excluding hydrogens is 238 g/mol. The van der Waals surface area contributed by atoms with Gasteiger partial charge in [0.05, 0.1) is 26.4 Å². The van der Waals surface area contributed by atoms with Crippen molar-refractivity contribution < 1.29 is 4.74 Å². The zero-order valence-electron chi connectivity index (χ0n) is 10.8. The molecule has 0 N–H and O–H groups in total. The van der Waals surface area contributed by atoms with Crippen LogP contribution in [-0.4, -0.2) is 23.3 Å². The first kappa shape index (κ1) is 11.7. The maximum absolute atomic E-state index is 5.27. The fraction of sp³-hybridized carbons (Fsp3) is 0.200. The minimum Gasteiger partial charge on any atom is -0.481 e. The Morgan fingerprint density at radius 3 is 3.00 bits per heavy atom. The molecule has 0 fully saturated rings. The number of hydrogen-bond donors (Lipinski definition) is 0. The summed E-state index contributed by atoms with van der Waals surface area (Å²) in [6.45, 7) is 1.51. The summed E-state index contributed by atoms with van der Waals surface area (Å²) in [5, 5.41) is 6.48. The van der Waals surface area contributed by atoms with Gasteiger partial charge in [0.1, 0.15) is 0 Å². The van der Waals surface area contributed by atoms with Gasteiger partial charge in [-0.05, 0) is 17.2 Å². The monoisotopic (exact) mass is 253 g/mol. The molecule has 19 heavy (non-hydrogen) atoms. The Kier molecular flexibility index (Phi) is 3.14. The van der Waals surface area contributed by atoms with Gasteiger partial charge in [0, 0.05) is 11.8 Å². The molecule has 2 aromatic rings. The lowest BCUT2D eigenvalue weighted by Crippen LogP contribution is -2.21. The highest BCUT2D eigenvalue weighted by Crippen LogP contribution is 2.20. The van der Waals surface area contributed by atoms with Gasteiger partial charge in [-0.3, -0.25) is 5.01 Å². The molecule has 2 heterocycles. The SMILES string of the molecule is COc1ncccc1CN1Cc2ccccc2C=N1. The van der Waals surface area contributed by atoms with Crippen LogP contribution < -0.4 is 4.74 Å². The molecule has 0 saturated carbocycles. The third-order valence-corrected chi connectivity index (χ3v) is 3.16. The van der Waals surface area contributed by atoms with E-state index >= 15 is 0 Å². The van der Waals surface area contributed by atoms with Crippen LogP contribution in [0.3, 0.4) is 0 Å². The van der Waals surface area contributed by atoms with E-state index in [0.29, 0.717) is 12.4 Å². The fourth-order valence-corrected chi connectivity index (χ4v) is 2.21. The summed E-state index contributed by atoms with van der Waals surface area (Å²) in [6, 6.07) is 12.2. The van der Waals surface area contributed by atoms with Gasteiger partial charge >= 0.3 is 0 Å². The molecule has 1 aliphatic heterocycles. The van der Waals surface area contributed by atoms with E-state index in [2.05, 4.69) is 28.3 Å². The molecule has 0 saturated heterocycles. The van der Waals surface area contributed by atoms with Crippen LogP contribution in [0.4, 0.5) is 0 Å². The van der Waals surface area contributed by atoms with E-state index in [1.165, 1.54) is 11.1 Å². The topological polar surface area (TPSA) is 37.7 Å². The van der Waals surface area contributed by atoms with Crippen molar-refractivity contribution in [1.82, 2.24) is 9.99 Å². The highest BCUT2D eigenvalue weighted by molar-refractivity contribution is 5.82. The van der Waals surface area contributed by atoms with Crippen LogP contribution in [0, 0.1) is 0 Å². The van der Waals surface area contributed by atoms with Crippen LogP contribution >= 0.6 is 0 Å². The van der Waals surface area contributed by atoms with Gasteiger partial charge in [0.2, 0.25) is 5.88 Å². The number of aromatic nitrogens is 1. The van der Waals surface area contributed by atoms with E-state index in [1.54, 1.807) is 13.3 Å². The number of pyridine rings is 1. The van der Waals surface area contributed by atoms with Gasteiger partial charge in [-0.2, -0.15) is 5.10 Å². The van der Waals surface area contributed by atoms with Crippen molar-refractivity contribution in [2.75, 3.05) is 7.11 Å². The third kappa shape index (κ3) is 2.42. The number of ether oxygens (including phenoxy) is 1. The average molecular weight is 253 g/mol. The van der Waals surface area contributed by atoms with Crippen LogP contribution in [0.1, 0.15) is 16.7 Å². The summed E-state index contributed by atoms with van der Waals surface area (Å²) < 4.78 is 5.27. The lowest BCUT2D eigenvalue weighted by molar-refractivity contribution is 0.261. The number of rotatable bonds is 3. The van der Waals surface area contributed by atoms with Crippen molar-refractivity contribution in [1.29, 1.82) is 0 Å². The smallest absolute Gasteiger partial charge is 0.218 e. The average Bonchev–Trinajstić information content (AvgIpc) is 2.48. The summed E-state index contributed by atoms with van der Waals surface area (Å²) in [5.74, 6) is 0.663. The molecule has 0 radical (unpaired) electrons. The minimum absolute atomic E-state index is 0.663. The van der Waals surface area contributed by atoms with Crippen molar-refractivity contribution in [3.8, 4) is 5.88 Å². The molecular formula is C15H15N3O. The Labute approximate surface area is 112 Å². The molecule has 0 amide bonds. The molecule has 96 valence electrons. The predicted molar refractivity (Wildman–Crippen MR) is 74.1 cm³/mol. The van der Waals surface area contributed by atoms with Crippen LogP contribution in [0.15, 0.2) is 47.7 Å². The zero-order chi connectivity index (χ0) is 13.1. The standard InChI is InChI=1S/C15H15N3O/c1-19-15-14(7-4-8-16-15)11-18-10-13-6-3-2-5-12(13)9-17-18/h2-9H,10-11H2,1H3. The van der Waals surface area contributed by atoms with Crippen LogP contribution in [0.25, 0.3) is 0 Å². The van der Waals surface area contributed by atoms with Crippen molar-refractivity contribution in [2.45, 2.75) is 13.1 Å². The molecule has 0 spiro atoms. The number of nitrogens with zero attached hydrogens (tertiary/aromatic N) is 3. The van der Waals surface area contributed by atoms with E-state index in [-0.39, 0.29) is 0 Å². The minimum atomic E-state index is 0.663. The number of hydrazone groups is 1. The molecule has 0 aliphatic carbocycles. The van der Waals surface area contributed by atoms with Crippen molar-refractivity contribution >= 4 is 6.21 Å². The summed E-state index contributed by atoms with van der Waals surface area (Å²) >= 11 is 0. The number of methoxy groups -OCH3 is 1. The second kappa shape index (κ2) is 5.10. The maximum Gasteiger partial charge on any atom is 0.218 e. The van der Waals surface area contributed by atoms with Crippen LogP contribution in [-0.2, 0) is 13.1 Å². The lowest BCUT2D eigenvalue weighted by Gasteiger charge is -2.24. The van der Waals surface area contributed by atoms with Crippen molar-refractivity contribution in [3.05, 3.63) is 59.3 Å². The lowest BCUT2D eigenvalue weighted by atomic mass is 10.1. The van der Waals surface area contributed by atoms with Crippen LogP contribution in [0.5, 0.6) is 5.88 Å². The summed E-state index contributed by atoms with van der Waals surface area (Å²) in [6.07, 6.45) is 3.64. The third-order valence-electron chi connectivity index (χ3n) is 3.16. The number of hydrogen-bond acceptors (Lipinski definition) is 4. The summed E-state index contributed by atoms with van der Waals surface area (Å²) in [5.41, 5.74) is 3.53. The number of benzene rings is 1. The maximum atomic E-state index is 5.27. The van der Waals surface area contributed by atoms with Crippen LogP contribution in [0.2, 0.25) is 0 Å². The van der Waals surface area contributed by atoms with E-state index in [1.807, 2.05) is 29.4 Å². The van der Waals surface area contributed by atoms with Gasteiger partial charge in [-0.1, -0.05) is 30.3 Å². The quantitative estimate of drug-likeness (QED) is 0.843. The first-order valence-corrected chi connectivity index (χ1v) is 6.21. The van der Waals surface area contributed by atoms with Crippen molar-refractivity contribution in [2.24, 2.45) is 5.10 Å². The summed E-state index contributed by atoms with van der Waals surface area (Å²) in [4.78, 5) is 4.21. The molecule has 4 heteroatoms. The Bertz CT molecular complexity index is 610. The van der Waals surface area contributed by atoms with Gasteiger partial charge in [0.15, 0.2) is 0 Å². The van der Waals surface area contributed by atoms with E-state index < -0.39 is 0 Å². The van der Waals surface area contributed by atoms with Gasteiger partial charge in [-0.15, -0.1) is 0 Å². The Hall–Kier alpha value is -2.36. The largest absolute Gasteiger partial charge is 0.481 e.